The van der Waals surface area contributed by atoms with Crippen LogP contribution in [0.3, 0.4) is 0 Å². The molecular weight excluding hydrogens is 416 g/mol. The summed E-state index contributed by atoms with van der Waals surface area (Å²) in [4.78, 5) is 14.6. The Labute approximate surface area is 198 Å². The van der Waals surface area contributed by atoms with E-state index in [1.165, 1.54) is 32.1 Å². The number of aliphatic hydroxyl groups is 1. The average molecular weight is 459 g/mol. The number of nitrogens with zero attached hydrogens (tertiary/aromatic N) is 2. The fourth-order valence-corrected chi connectivity index (χ4v) is 9.85. The first kappa shape index (κ1) is 23.0. The van der Waals surface area contributed by atoms with Crippen LogP contribution >= 0.6 is 11.8 Å². The highest BCUT2D eigenvalue weighted by Gasteiger charge is 2.64. The Hall–Kier alpha value is -0.810. The van der Waals surface area contributed by atoms with E-state index in [0.717, 1.165) is 36.0 Å². The number of hydrogen-bond donors (Lipinski definition) is 1. The number of ketones is 1. The van der Waals surface area contributed by atoms with Gasteiger partial charge in [0.2, 0.25) is 0 Å². The number of rotatable bonds is 4. The third-order valence-corrected chi connectivity index (χ3v) is 11.5. The predicted molar refractivity (Wildman–Crippen MR) is 129 cm³/mol. The first-order chi connectivity index (χ1) is 15.1. The standard InChI is InChI=1S/C27H42N2O2S/c1-17-12-27(4)21(19-8-10-25(2,31)13-20(17)19)9-11-26(3)22(6-7-24(26)27)23(30)16-29-15-18(32-5)14-28-29/h14-15,17,19-22,24,31H,6-13,16H2,1-5H3/t17-,19+,20-,21-,22-,24-,25-,26-,27-/m1/s1. The van der Waals surface area contributed by atoms with Crippen molar-refractivity contribution in [3.8, 4) is 0 Å². The Morgan fingerprint density at radius 2 is 1.91 bits per heavy atom. The zero-order valence-corrected chi connectivity index (χ0v) is 21.5. The third-order valence-electron chi connectivity index (χ3n) is 10.8. The molecule has 4 aliphatic carbocycles. The van der Waals surface area contributed by atoms with E-state index in [-0.39, 0.29) is 11.3 Å². The molecule has 0 spiro atoms. The summed E-state index contributed by atoms with van der Waals surface area (Å²) in [5.74, 6) is 4.08. The summed E-state index contributed by atoms with van der Waals surface area (Å²) in [6.45, 7) is 9.96. The molecule has 5 heteroatoms. The molecule has 0 aliphatic heterocycles. The van der Waals surface area contributed by atoms with Crippen molar-refractivity contribution < 1.29 is 9.90 Å². The van der Waals surface area contributed by atoms with Crippen LogP contribution in [0.1, 0.15) is 79.1 Å². The maximum absolute atomic E-state index is 13.5. The monoisotopic (exact) mass is 458 g/mol. The number of hydrogen-bond acceptors (Lipinski definition) is 4. The van der Waals surface area contributed by atoms with E-state index in [1.807, 2.05) is 23.3 Å². The van der Waals surface area contributed by atoms with E-state index in [1.54, 1.807) is 11.8 Å². The van der Waals surface area contributed by atoms with Crippen molar-refractivity contribution in [2.75, 3.05) is 6.26 Å². The van der Waals surface area contributed by atoms with Gasteiger partial charge in [-0.2, -0.15) is 5.10 Å². The van der Waals surface area contributed by atoms with Gasteiger partial charge in [0.1, 0.15) is 0 Å². The second-order valence-electron chi connectivity index (χ2n) is 12.6. The van der Waals surface area contributed by atoms with Crippen LogP contribution in [0.4, 0.5) is 0 Å². The lowest BCUT2D eigenvalue weighted by Crippen LogP contribution is -2.58. The highest BCUT2D eigenvalue weighted by molar-refractivity contribution is 7.98. The van der Waals surface area contributed by atoms with Crippen molar-refractivity contribution >= 4 is 17.5 Å². The van der Waals surface area contributed by atoms with Crippen LogP contribution in [0.15, 0.2) is 17.3 Å². The lowest BCUT2D eigenvalue weighted by Gasteiger charge is -2.64. The maximum atomic E-state index is 13.5. The molecule has 1 aromatic rings. The minimum atomic E-state index is -0.472. The molecule has 0 radical (unpaired) electrons. The first-order valence-electron chi connectivity index (χ1n) is 12.9. The number of thioether (sulfide) groups is 1. The van der Waals surface area contributed by atoms with Crippen molar-refractivity contribution in [1.82, 2.24) is 9.78 Å². The van der Waals surface area contributed by atoms with E-state index in [2.05, 4.69) is 32.8 Å². The molecule has 4 aliphatic rings. The molecular formula is C27H42N2O2S. The zero-order chi connectivity index (χ0) is 22.9. The number of fused-ring (bicyclic) bond motifs is 5. The molecule has 1 aromatic heterocycles. The van der Waals surface area contributed by atoms with E-state index in [9.17, 15) is 9.90 Å². The van der Waals surface area contributed by atoms with Gasteiger partial charge in [0.15, 0.2) is 5.78 Å². The molecule has 0 saturated heterocycles. The molecule has 0 aromatic carbocycles. The predicted octanol–water partition coefficient (Wildman–Crippen LogP) is 5.83. The summed E-state index contributed by atoms with van der Waals surface area (Å²) >= 11 is 1.68. The molecule has 4 fully saturated rings. The second-order valence-corrected chi connectivity index (χ2v) is 13.5. The van der Waals surface area contributed by atoms with E-state index >= 15 is 0 Å². The van der Waals surface area contributed by atoms with Gasteiger partial charge in [0.05, 0.1) is 18.3 Å². The van der Waals surface area contributed by atoms with E-state index < -0.39 is 5.60 Å². The van der Waals surface area contributed by atoms with Crippen LogP contribution in [0.25, 0.3) is 0 Å². The molecule has 0 bridgehead atoms. The molecule has 0 unspecified atom stereocenters. The Balaban J connectivity index is 1.37. The van der Waals surface area contributed by atoms with Crippen LogP contribution in [-0.2, 0) is 11.3 Å². The Morgan fingerprint density at radius 1 is 1.12 bits per heavy atom. The van der Waals surface area contributed by atoms with Crippen LogP contribution < -0.4 is 0 Å². The topological polar surface area (TPSA) is 55.1 Å². The molecule has 32 heavy (non-hydrogen) atoms. The van der Waals surface area contributed by atoms with Crippen LogP contribution in [0.2, 0.25) is 0 Å². The number of carbonyl (C=O) groups is 1. The average Bonchev–Trinajstić information content (AvgIpc) is 3.32. The summed E-state index contributed by atoms with van der Waals surface area (Å²) in [6, 6.07) is 0. The fourth-order valence-electron chi connectivity index (χ4n) is 9.47. The van der Waals surface area contributed by atoms with Gasteiger partial charge in [-0.15, -0.1) is 11.8 Å². The normalized spacial score (nSPS) is 48.1. The van der Waals surface area contributed by atoms with Gasteiger partial charge in [-0.1, -0.05) is 20.8 Å². The first-order valence-corrected chi connectivity index (χ1v) is 14.1. The van der Waals surface area contributed by atoms with Gasteiger partial charge in [-0.05, 0) is 105 Å². The summed E-state index contributed by atoms with van der Waals surface area (Å²) in [7, 11) is 0. The summed E-state index contributed by atoms with van der Waals surface area (Å²) < 4.78 is 1.85. The number of aromatic nitrogens is 2. The molecule has 5 rings (SSSR count). The molecule has 4 saturated carbocycles. The van der Waals surface area contributed by atoms with Crippen molar-refractivity contribution in [2.45, 2.75) is 96.1 Å². The van der Waals surface area contributed by atoms with Gasteiger partial charge in [-0.3, -0.25) is 9.48 Å². The highest BCUT2D eigenvalue weighted by Crippen LogP contribution is 2.70. The molecule has 0 amide bonds. The number of Topliss-reactive ketones (excluding diaryl/α,β-unsaturated/α-hetero) is 1. The molecule has 4 nitrogen and oxygen atoms in total. The number of carbonyl (C=O) groups excluding carboxylic acids is 1. The Kier molecular flexibility index (Phi) is 5.64. The van der Waals surface area contributed by atoms with Crippen LogP contribution in [-0.4, -0.2) is 32.5 Å². The molecule has 9 atom stereocenters. The molecule has 178 valence electrons. The van der Waals surface area contributed by atoms with Crippen LogP contribution in [0, 0.1) is 46.3 Å². The minimum Gasteiger partial charge on any atom is -0.390 e. The summed E-state index contributed by atoms with van der Waals surface area (Å²) in [6.07, 6.45) is 15.0. The molecule has 1 heterocycles. The summed E-state index contributed by atoms with van der Waals surface area (Å²) in [5, 5.41) is 15.2. The van der Waals surface area contributed by atoms with Crippen molar-refractivity contribution in [3.05, 3.63) is 12.4 Å². The second kappa shape index (κ2) is 7.86. The Morgan fingerprint density at radius 3 is 2.62 bits per heavy atom. The minimum absolute atomic E-state index is 0.130. The lowest BCUT2D eigenvalue weighted by molar-refractivity contribution is -0.165. The maximum Gasteiger partial charge on any atom is 0.157 e. The van der Waals surface area contributed by atoms with E-state index in [4.69, 9.17) is 0 Å². The van der Waals surface area contributed by atoms with Gasteiger partial charge in [0, 0.05) is 17.0 Å². The van der Waals surface area contributed by atoms with Gasteiger partial charge in [-0.25, -0.2) is 0 Å². The van der Waals surface area contributed by atoms with Gasteiger partial charge < -0.3 is 5.11 Å². The summed E-state index contributed by atoms with van der Waals surface area (Å²) in [5.41, 5.74) is -0.00601. The van der Waals surface area contributed by atoms with Crippen molar-refractivity contribution in [1.29, 1.82) is 0 Å². The molecule has 1 N–H and O–H groups in total. The lowest BCUT2D eigenvalue weighted by atomic mass is 9.41. The quantitative estimate of drug-likeness (QED) is 0.577. The van der Waals surface area contributed by atoms with Crippen LogP contribution in [0.5, 0.6) is 0 Å². The van der Waals surface area contributed by atoms with Gasteiger partial charge >= 0.3 is 0 Å². The zero-order valence-electron chi connectivity index (χ0n) is 20.6. The van der Waals surface area contributed by atoms with Crippen molar-refractivity contribution in [2.24, 2.45) is 46.3 Å². The highest BCUT2D eigenvalue weighted by atomic mass is 32.2. The SMILES string of the molecule is CSc1cnn(CC(=O)[C@H]2CC[C@@H]3[C@]2(C)CC[C@@H]2[C@H]4CC[C@@](C)(O)C[C@@H]4[C@H](C)C[C@@]32C)c1. The third kappa shape index (κ3) is 3.52. The largest absolute Gasteiger partial charge is 0.390 e. The van der Waals surface area contributed by atoms with Crippen molar-refractivity contribution in [3.63, 3.8) is 0 Å². The fraction of sp³-hybridized carbons (Fsp3) is 0.852. The Bertz CT molecular complexity index is 881. The van der Waals surface area contributed by atoms with Gasteiger partial charge in [0.25, 0.3) is 0 Å². The smallest absolute Gasteiger partial charge is 0.157 e. The van der Waals surface area contributed by atoms with E-state index in [0.29, 0.717) is 35.5 Å².